The van der Waals surface area contributed by atoms with Crippen LogP contribution in [0.15, 0.2) is 17.1 Å². The van der Waals surface area contributed by atoms with Crippen molar-refractivity contribution in [1.82, 2.24) is 5.32 Å². The van der Waals surface area contributed by atoms with Gasteiger partial charge in [-0.05, 0) is 37.1 Å². The maximum absolute atomic E-state index is 11.5. The lowest BCUT2D eigenvalue weighted by molar-refractivity contribution is 0.256. The van der Waals surface area contributed by atoms with Crippen LogP contribution in [-0.4, -0.2) is 24.1 Å². The van der Waals surface area contributed by atoms with Gasteiger partial charge in [0.25, 0.3) is 0 Å². The fourth-order valence-corrected chi connectivity index (χ4v) is 1.45. The Morgan fingerprint density at radius 3 is 2.28 bits per heavy atom. The number of halogens is 1. The summed E-state index contributed by atoms with van der Waals surface area (Å²) in [6.45, 7) is 3.58. The van der Waals surface area contributed by atoms with E-state index in [4.69, 9.17) is 5.73 Å². The summed E-state index contributed by atoms with van der Waals surface area (Å²) in [6, 6.07) is 2.67. The topological polar surface area (TPSA) is 99.7 Å². The molecule has 0 aromatic heterocycles. The highest BCUT2D eigenvalue weighted by atomic mass is 35.5. The highest BCUT2D eigenvalue weighted by Crippen LogP contribution is 2.25. The molecule has 1 rings (SSSR count). The molecule has 0 atom stereocenters. The van der Waals surface area contributed by atoms with E-state index in [1.807, 2.05) is 0 Å². The van der Waals surface area contributed by atoms with E-state index in [0.717, 1.165) is 11.1 Å². The molecular weight excluding hydrogens is 256 g/mol. The predicted molar refractivity (Wildman–Crippen MR) is 74.5 cm³/mol. The Balaban J connectivity index is 0.00000289. The monoisotopic (exact) mass is 272 g/mol. The van der Waals surface area contributed by atoms with Gasteiger partial charge in [-0.1, -0.05) is 0 Å². The third-order valence-corrected chi connectivity index (χ3v) is 2.24. The van der Waals surface area contributed by atoms with Crippen molar-refractivity contribution >= 4 is 30.1 Å². The van der Waals surface area contributed by atoms with Crippen LogP contribution in [0.25, 0.3) is 0 Å². The number of benzene rings is 1. The molecule has 0 aliphatic carbocycles. The minimum Gasteiger partial charge on any atom is -0.508 e. The number of nitrogens with two attached hydrogens (primary N) is 1. The number of aryl methyl sites for hydroxylation is 2. The van der Waals surface area contributed by atoms with E-state index in [9.17, 15) is 9.90 Å². The van der Waals surface area contributed by atoms with Gasteiger partial charge in [-0.15, -0.1) is 12.4 Å². The third kappa shape index (κ3) is 4.14. The molecule has 0 saturated heterocycles. The van der Waals surface area contributed by atoms with E-state index in [0.29, 0.717) is 5.69 Å². The first-order valence-corrected chi connectivity index (χ1v) is 5.04. The molecule has 0 aliphatic rings. The highest BCUT2D eigenvalue weighted by molar-refractivity contribution is 6.02. The van der Waals surface area contributed by atoms with Crippen molar-refractivity contribution in [2.75, 3.05) is 12.4 Å². The molecule has 5 N–H and O–H groups in total. The molecule has 0 unspecified atom stereocenters. The molecule has 100 valence electrons. The number of hydrogen-bond acceptors (Lipinski definition) is 3. The molecular formula is C11H17ClN4O2. The number of carbonyl (C=O) groups excluding carboxylic acids is 1. The lowest BCUT2D eigenvalue weighted by Crippen LogP contribution is -2.39. The van der Waals surface area contributed by atoms with Crippen LogP contribution in [0, 0.1) is 13.8 Å². The van der Waals surface area contributed by atoms with Gasteiger partial charge >= 0.3 is 6.03 Å². The third-order valence-electron chi connectivity index (χ3n) is 2.24. The number of anilines is 1. The van der Waals surface area contributed by atoms with E-state index in [2.05, 4.69) is 15.6 Å². The van der Waals surface area contributed by atoms with E-state index < -0.39 is 6.03 Å². The van der Waals surface area contributed by atoms with Gasteiger partial charge in [0, 0.05) is 12.7 Å². The molecule has 1 aromatic carbocycles. The number of hydrogen-bond donors (Lipinski definition) is 4. The van der Waals surface area contributed by atoms with Gasteiger partial charge in [-0.3, -0.25) is 10.3 Å². The Morgan fingerprint density at radius 1 is 1.33 bits per heavy atom. The zero-order chi connectivity index (χ0) is 13.0. The summed E-state index contributed by atoms with van der Waals surface area (Å²) in [4.78, 5) is 15.1. The highest BCUT2D eigenvalue weighted by Gasteiger charge is 2.09. The molecule has 6 nitrogen and oxygen atoms in total. The van der Waals surface area contributed by atoms with Gasteiger partial charge in [0.05, 0.1) is 0 Å². The lowest BCUT2D eigenvalue weighted by Gasteiger charge is -2.12. The Kier molecular flexibility index (Phi) is 5.98. The Morgan fingerprint density at radius 2 is 1.83 bits per heavy atom. The molecule has 0 aliphatic heterocycles. The zero-order valence-electron chi connectivity index (χ0n) is 10.4. The second-order valence-electron chi connectivity index (χ2n) is 3.64. The van der Waals surface area contributed by atoms with Gasteiger partial charge in [0.1, 0.15) is 5.75 Å². The number of carbonyl (C=O) groups is 1. The Labute approximate surface area is 112 Å². The first-order chi connectivity index (χ1) is 7.93. The number of nitrogens with one attached hydrogen (secondary N) is 2. The summed E-state index contributed by atoms with van der Waals surface area (Å²) in [5, 5.41) is 14.4. The van der Waals surface area contributed by atoms with Crippen molar-refractivity contribution in [1.29, 1.82) is 0 Å². The molecule has 0 heterocycles. The predicted octanol–water partition coefficient (Wildman–Crippen LogP) is 1.50. The van der Waals surface area contributed by atoms with Crippen LogP contribution in [0.5, 0.6) is 5.75 Å². The number of phenols is 1. The quantitative estimate of drug-likeness (QED) is 0.354. The first kappa shape index (κ1) is 16.1. The number of phenolic OH excluding ortho intramolecular Hbond substituents is 1. The normalized spacial score (nSPS) is 10.5. The van der Waals surface area contributed by atoms with Gasteiger partial charge in [-0.2, -0.15) is 0 Å². The molecule has 0 radical (unpaired) electrons. The summed E-state index contributed by atoms with van der Waals surface area (Å²) in [5.74, 6) is 0.206. The molecule has 18 heavy (non-hydrogen) atoms. The molecule has 0 bridgehead atoms. The Hall–Kier alpha value is -1.95. The maximum atomic E-state index is 11.5. The van der Waals surface area contributed by atoms with Crippen LogP contribution < -0.4 is 16.4 Å². The fraction of sp³-hybridized carbons (Fsp3) is 0.273. The fourth-order valence-electron chi connectivity index (χ4n) is 1.45. The van der Waals surface area contributed by atoms with Crippen LogP contribution in [0.3, 0.4) is 0 Å². The zero-order valence-corrected chi connectivity index (χ0v) is 11.3. The van der Waals surface area contributed by atoms with Crippen LogP contribution in [0.4, 0.5) is 10.5 Å². The molecule has 0 spiro atoms. The van der Waals surface area contributed by atoms with Crippen LogP contribution >= 0.6 is 12.4 Å². The number of rotatable bonds is 1. The molecule has 2 amide bonds. The number of aromatic hydroxyl groups is 1. The average molecular weight is 273 g/mol. The second-order valence-corrected chi connectivity index (χ2v) is 3.64. The number of urea groups is 1. The first-order valence-electron chi connectivity index (χ1n) is 5.04. The van der Waals surface area contributed by atoms with E-state index in [-0.39, 0.29) is 24.1 Å². The summed E-state index contributed by atoms with van der Waals surface area (Å²) in [7, 11) is 1.48. The van der Waals surface area contributed by atoms with E-state index >= 15 is 0 Å². The van der Waals surface area contributed by atoms with Crippen molar-refractivity contribution in [3.63, 3.8) is 0 Å². The van der Waals surface area contributed by atoms with E-state index in [1.54, 1.807) is 26.0 Å². The summed E-state index contributed by atoms with van der Waals surface area (Å²) in [6.07, 6.45) is 0. The standard InChI is InChI=1S/C11H16N4O2.ClH/c1-6-4-8(16)5-7(2)9(6)14-11(17)15-10(12)13-3;/h4-5,16H,1-3H3,(H4,12,13,14,15,17);1H. The number of nitrogens with zero attached hydrogens (tertiary/aromatic N) is 1. The SMILES string of the molecule is CN=C(N)NC(=O)Nc1c(C)cc(O)cc1C.Cl. The van der Waals surface area contributed by atoms with Crippen LogP contribution in [-0.2, 0) is 0 Å². The Bertz CT molecular complexity index is 451. The average Bonchev–Trinajstić information content (AvgIpc) is 2.23. The summed E-state index contributed by atoms with van der Waals surface area (Å²) < 4.78 is 0. The minimum atomic E-state index is -0.468. The number of amides is 2. The maximum Gasteiger partial charge on any atom is 0.326 e. The number of guanidine groups is 1. The van der Waals surface area contributed by atoms with Gasteiger partial charge in [0.15, 0.2) is 5.96 Å². The van der Waals surface area contributed by atoms with E-state index in [1.165, 1.54) is 7.05 Å². The smallest absolute Gasteiger partial charge is 0.326 e. The molecule has 1 aromatic rings. The van der Waals surface area contributed by atoms with Crippen LogP contribution in [0.2, 0.25) is 0 Å². The molecule has 7 heteroatoms. The van der Waals surface area contributed by atoms with Gasteiger partial charge < -0.3 is 16.2 Å². The van der Waals surface area contributed by atoms with Crippen molar-refractivity contribution in [3.05, 3.63) is 23.3 Å². The van der Waals surface area contributed by atoms with Crippen molar-refractivity contribution in [2.45, 2.75) is 13.8 Å². The van der Waals surface area contributed by atoms with Crippen molar-refractivity contribution in [3.8, 4) is 5.75 Å². The van der Waals surface area contributed by atoms with Gasteiger partial charge in [-0.25, -0.2) is 4.79 Å². The van der Waals surface area contributed by atoms with Crippen molar-refractivity contribution < 1.29 is 9.90 Å². The second kappa shape index (κ2) is 6.70. The molecule has 0 saturated carbocycles. The van der Waals surface area contributed by atoms with Crippen LogP contribution in [0.1, 0.15) is 11.1 Å². The summed E-state index contributed by atoms with van der Waals surface area (Å²) in [5.41, 5.74) is 7.54. The van der Waals surface area contributed by atoms with Gasteiger partial charge in [0.2, 0.25) is 0 Å². The largest absolute Gasteiger partial charge is 0.508 e. The lowest BCUT2D eigenvalue weighted by atomic mass is 10.1. The number of aliphatic imine (C=N–C) groups is 1. The minimum absolute atomic E-state index is 0. The summed E-state index contributed by atoms with van der Waals surface area (Å²) >= 11 is 0. The molecule has 0 fully saturated rings. The van der Waals surface area contributed by atoms with Crippen molar-refractivity contribution in [2.24, 2.45) is 10.7 Å².